The van der Waals surface area contributed by atoms with Gasteiger partial charge in [-0.2, -0.15) is 0 Å². The summed E-state index contributed by atoms with van der Waals surface area (Å²) < 4.78 is 1.18. The normalized spacial score (nSPS) is 11.9. The fraction of sp³-hybridized carbons (Fsp3) is 0.250. The lowest BCUT2D eigenvalue weighted by Crippen LogP contribution is -2.21. The van der Waals surface area contributed by atoms with Gasteiger partial charge in [0.05, 0.1) is 0 Å². The summed E-state index contributed by atoms with van der Waals surface area (Å²) in [5.74, 6) is 0. The second-order valence-electron chi connectivity index (χ2n) is 2.36. The summed E-state index contributed by atoms with van der Waals surface area (Å²) in [7, 11) is 0. The van der Waals surface area contributed by atoms with Crippen LogP contribution >= 0.6 is 35.0 Å². The zero-order valence-electron chi connectivity index (χ0n) is 6.53. The van der Waals surface area contributed by atoms with Crippen LogP contribution in [-0.2, 0) is 0 Å². The molecule has 0 heterocycles. The maximum absolute atomic E-state index is 5.77. The van der Waals surface area contributed by atoms with Gasteiger partial charge in [0, 0.05) is 16.2 Å². The molecule has 0 aliphatic rings. The molecule has 0 fully saturated rings. The minimum Gasteiger partial charge on any atom is -0.329 e. The van der Waals surface area contributed by atoms with Gasteiger partial charge in [0.25, 0.3) is 0 Å². The Balaban J connectivity index is 0.00000121. The number of hydrogen-bond acceptors (Lipinski definition) is 2. The molecule has 0 aliphatic heterocycles. The summed E-state index contributed by atoms with van der Waals surface area (Å²) in [4.78, 5) is 0. The van der Waals surface area contributed by atoms with Crippen molar-refractivity contribution in [3.63, 3.8) is 0 Å². The van der Waals surface area contributed by atoms with E-state index in [2.05, 4.69) is 22.6 Å². The average Bonchev–Trinajstić information content (AvgIpc) is 2.04. The van der Waals surface area contributed by atoms with E-state index in [9.17, 15) is 0 Å². The summed E-state index contributed by atoms with van der Waals surface area (Å²) >= 11 is 2.26. The van der Waals surface area contributed by atoms with Crippen molar-refractivity contribution in [2.75, 3.05) is 6.54 Å². The smallest absolute Gasteiger partial charge is 0.0430 e. The first-order chi connectivity index (χ1) is 5.25. The third-order valence-corrected chi connectivity index (χ3v) is 2.54. The fourth-order valence-corrected chi connectivity index (χ4v) is 1.69. The molecule has 2 nitrogen and oxygen atoms in total. The molecule has 1 aromatic rings. The summed E-state index contributed by atoms with van der Waals surface area (Å²) in [6, 6.07) is 8.00. The topological polar surface area (TPSA) is 52.0 Å². The summed E-state index contributed by atoms with van der Waals surface area (Å²) in [5, 5.41) is 0. The third kappa shape index (κ3) is 2.90. The van der Waals surface area contributed by atoms with Crippen molar-refractivity contribution in [1.82, 2.24) is 0 Å². The Kier molecular flexibility index (Phi) is 5.82. The van der Waals surface area contributed by atoms with E-state index in [1.165, 1.54) is 3.57 Å². The largest absolute Gasteiger partial charge is 0.329 e. The summed E-state index contributed by atoms with van der Waals surface area (Å²) in [5.41, 5.74) is 12.3. The van der Waals surface area contributed by atoms with Crippen LogP contribution in [0.2, 0.25) is 0 Å². The number of hydrogen-bond donors (Lipinski definition) is 2. The summed E-state index contributed by atoms with van der Waals surface area (Å²) in [6.07, 6.45) is 0. The van der Waals surface area contributed by atoms with Gasteiger partial charge in [-0.3, -0.25) is 0 Å². The van der Waals surface area contributed by atoms with Gasteiger partial charge in [0.2, 0.25) is 0 Å². The van der Waals surface area contributed by atoms with Gasteiger partial charge in [-0.1, -0.05) is 18.2 Å². The second kappa shape index (κ2) is 5.75. The molecule has 0 radical (unpaired) electrons. The van der Waals surface area contributed by atoms with Gasteiger partial charge < -0.3 is 11.5 Å². The molecule has 4 N–H and O–H groups in total. The second-order valence-corrected chi connectivity index (χ2v) is 3.53. The lowest BCUT2D eigenvalue weighted by atomic mass is 10.1. The number of benzene rings is 1. The van der Waals surface area contributed by atoms with E-state index >= 15 is 0 Å². The highest BCUT2D eigenvalue weighted by Gasteiger charge is 2.05. The van der Waals surface area contributed by atoms with Gasteiger partial charge in [0.1, 0.15) is 0 Å². The predicted molar refractivity (Wildman–Crippen MR) is 62.4 cm³/mol. The molecule has 1 aromatic carbocycles. The Morgan fingerprint density at radius 2 is 1.92 bits per heavy atom. The van der Waals surface area contributed by atoms with Crippen molar-refractivity contribution in [3.05, 3.63) is 33.4 Å². The first-order valence-corrected chi connectivity index (χ1v) is 4.53. The van der Waals surface area contributed by atoms with E-state index in [4.69, 9.17) is 11.5 Å². The minimum absolute atomic E-state index is 0. The van der Waals surface area contributed by atoms with Crippen LogP contribution in [0.4, 0.5) is 0 Å². The lowest BCUT2D eigenvalue weighted by molar-refractivity contribution is 0.733. The van der Waals surface area contributed by atoms with E-state index in [1.54, 1.807) is 0 Å². The van der Waals surface area contributed by atoms with Gasteiger partial charge in [-0.05, 0) is 34.2 Å². The van der Waals surface area contributed by atoms with Gasteiger partial charge in [-0.25, -0.2) is 0 Å². The van der Waals surface area contributed by atoms with E-state index in [1.807, 2.05) is 24.3 Å². The van der Waals surface area contributed by atoms with Crippen LogP contribution in [0.5, 0.6) is 0 Å². The Morgan fingerprint density at radius 1 is 1.33 bits per heavy atom. The monoisotopic (exact) mass is 298 g/mol. The molecule has 0 spiro atoms. The van der Waals surface area contributed by atoms with Crippen LogP contribution in [0.3, 0.4) is 0 Å². The van der Waals surface area contributed by atoms with E-state index in [-0.39, 0.29) is 18.4 Å². The highest BCUT2D eigenvalue weighted by molar-refractivity contribution is 14.1. The van der Waals surface area contributed by atoms with Crippen molar-refractivity contribution in [3.8, 4) is 0 Å². The van der Waals surface area contributed by atoms with Gasteiger partial charge in [-0.15, -0.1) is 12.4 Å². The molecule has 0 saturated carbocycles. The van der Waals surface area contributed by atoms with E-state index in [0.717, 1.165) is 5.56 Å². The quantitative estimate of drug-likeness (QED) is 0.816. The number of nitrogens with two attached hydrogens (primary N) is 2. The maximum Gasteiger partial charge on any atom is 0.0430 e. The zero-order chi connectivity index (χ0) is 8.27. The van der Waals surface area contributed by atoms with Crippen molar-refractivity contribution in [1.29, 1.82) is 0 Å². The minimum atomic E-state index is -0.0249. The van der Waals surface area contributed by atoms with E-state index < -0.39 is 0 Å². The highest BCUT2D eigenvalue weighted by atomic mass is 127. The van der Waals surface area contributed by atoms with E-state index in [0.29, 0.717) is 6.54 Å². The van der Waals surface area contributed by atoms with Crippen molar-refractivity contribution < 1.29 is 0 Å². The fourth-order valence-electron chi connectivity index (χ4n) is 0.903. The highest BCUT2D eigenvalue weighted by Crippen LogP contribution is 2.16. The molecule has 0 aromatic heterocycles. The molecule has 0 amide bonds. The number of halogens is 2. The molecular weight excluding hydrogens is 286 g/mol. The van der Waals surface area contributed by atoms with Crippen LogP contribution in [0.1, 0.15) is 11.6 Å². The molecule has 68 valence electrons. The van der Waals surface area contributed by atoms with Gasteiger partial charge >= 0.3 is 0 Å². The molecule has 1 rings (SSSR count). The van der Waals surface area contributed by atoms with Crippen LogP contribution in [0, 0.1) is 3.57 Å². The SMILES string of the molecule is Cl.NC[C@H](N)c1ccccc1I. The molecule has 0 saturated heterocycles. The average molecular weight is 299 g/mol. The molecule has 4 heteroatoms. The standard InChI is InChI=1S/C8H11IN2.ClH/c9-7-4-2-1-3-6(7)8(11)5-10;/h1-4,8H,5,10-11H2;1H/t8-;/m0./s1. The predicted octanol–water partition coefficient (Wildman–Crippen LogP) is 1.67. The molecule has 0 unspecified atom stereocenters. The van der Waals surface area contributed by atoms with Crippen LogP contribution in [0.25, 0.3) is 0 Å². The third-order valence-electron chi connectivity index (χ3n) is 1.56. The van der Waals surface area contributed by atoms with Crippen LogP contribution in [0.15, 0.2) is 24.3 Å². The number of rotatable bonds is 2. The molecule has 12 heavy (non-hydrogen) atoms. The zero-order valence-corrected chi connectivity index (χ0v) is 9.51. The maximum atomic E-state index is 5.77. The Morgan fingerprint density at radius 3 is 2.42 bits per heavy atom. The Bertz CT molecular complexity index is 242. The summed E-state index contributed by atoms with van der Waals surface area (Å²) in [6.45, 7) is 0.500. The Labute approximate surface area is 92.3 Å². The first kappa shape index (κ1) is 12.2. The lowest BCUT2D eigenvalue weighted by Gasteiger charge is -2.10. The van der Waals surface area contributed by atoms with Crippen molar-refractivity contribution >= 4 is 35.0 Å². The first-order valence-electron chi connectivity index (χ1n) is 3.45. The van der Waals surface area contributed by atoms with Crippen LogP contribution < -0.4 is 11.5 Å². The Hall–Kier alpha value is 0.160. The van der Waals surface area contributed by atoms with Crippen molar-refractivity contribution in [2.45, 2.75) is 6.04 Å². The van der Waals surface area contributed by atoms with Gasteiger partial charge in [0.15, 0.2) is 0 Å². The molecule has 1 atom stereocenters. The molecule has 0 bridgehead atoms. The molecule has 0 aliphatic carbocycles. The molecular formula is C8H12ClIN2. The van der Waals surface area contributed by atoms with Crippen LogP contribution in [-0.4, -0.2) is 6.54 Å². The van der Waals surface area contributed by atoms with Crippen molar-refractivity contribution in [2.24, 2.45) is 11.5 Å².